The highest BCUT2D eigenvalue weighted by Gasteiger charge is 2.31. The molecule has 0 saturated heterocycles. The largest absolute Gasteiger partial charge is 0.492 e. The smallest absolute Gasteiger partial charge is 0.126 e. The Morgan fingerprint density at radius 2 is 1.71 bits per heavy atom. The van der Waals surface area contributed by atoms with Gasteiger partial charge in [-0.25, -0.2) is 4.39 Å². The summed E-state index contributed by atoms with van der Waals surface area (Å²) in [7, 11) is 0. The van der Waals surface area contributed by atoms with Crippen LogP contribution in [0.5, 0.6) is 5.75 Å². The molecule has 1 aliphatic rings. The number of hydrogen-bond acceptors (Lipinski definition) is 2. The van der Waals surface area contributed by atoms with Crippen molar-refractivity contribution in [3.05, 3.63) is 66.0 Å². The number of halogens is 1. The van der Waals surface area contributed by atoms with E-state index in [2.05, 4.69) is 5.32 Å². The summed E-state index contributed by atoms with van der Waals surface area (Å²) in [6.07, 6.45) is 2.01. The van der Waals surface area contributed by atoms with Gasteiger partial charge in [-0.1, -0.05) is 36.4 Å². The third-order valence-corrected chi connectivity index (χ3v) is 4.03. The summed E-state index contributed by atoms with van der Waals surface area (Å²) in [6.45, 7) is 1.48. The zero-order valence-corrected chi connectivity index (χ0v) is 12.0. The van der Waals surface area contributed by atoms with E-state index in [0.717, 1.165) is 30.7 Å². The summed E-state index contributed by atoms with van der Waals surface area (Å²) < 4.78 is 19.3. The van der Waals surface area contributed by atoms with Crippen LogP contribution in [0.1, 0.15) is 24.3 Å². The fourth-order valence-electron chi connectivity index (χ4n) is 2.79. The fourth-order valence-corrected chi connectivity index (χ4v) is 2.79. The van der Waals surface area contributed by atoms with Gasteiger partial charge in [-0.3, -0.25) is 0 Å². The predicted molar refractivity (Wildman–Crippen MR) is 82.1 cm³/mol. The summed E-state index contributed by atoms with van der Waals surface area (Å²) in [5.74, 6) is 1.18. The van der Waals surface area contributed by atoms with Gasteiger partial charge in [0.25, 0.3) is 0 Å². The van der Waals surface area contributed by atoms with E-state index >= 15 is 0 Å². The van der Waals surface area contributed by atoms with Crippen LogP contribution in [0.2, 0.25) is 0 Å². The maximum absolute atomic E-state index is 13.6. The van der Waals surface area contributed by atoms with E-state index in [1.807, 2.05) is 42.5 Å². The molecule has 0 aromatic heterocycles. The van der Waals surface area contributed by atoms with Crippen molar-refractivity contribution in [1.29, 1.82) is 0 Å². The minimum absolute atomic E-state index is 0.0756. The van der Waals surface area contributed by atoms with Gasteiger partial charge < -0.3 is 10.1 Å². The summed E-state index contributed by atoms with van der Waals surface area (Å²) in [6, 6.07) is 17.4. The van der Waals surface area contributed by atoms with Crippen molar-refractivity contribution in [2.75, 3.05) is 13.2 Å². The quantitative estimate of drug-likeness (QED) is 0.816. The summed E-state index contributed by atoms with van der Waals surface area (Å²) in [5, 5.41) is 3.46. The van der Waals surface area contributed by atoms with Crippen molar-refractivity contribution in [3.63, 3.8) is 0 Å². The molecule has 0 spiro atoms. The Bertz CT molecular complexity index is 566. The molecule has 110 valence electrons. The maximum atomic E-state index is 13.6. The minimum Gasteiger partial charge on any atom is -0.492 e. The van der Waals surface area contributed by atoms with Crippen LogP contribution in [-0.2, 0) is 0 Å². The van der Waals surface area contributed by atoms with Gasteiger partial charge in [-0.2, -0.15) is 0 Å². The predicted octanol–water partition coefficient (Wildman–Crippen LogP) is 3.74. The van der Waals surface area contributed by atoms with Crippen LogP contribution in [0.25, 0.3) is 0 Å². The van der Waals surface area contributed by atoms with E-state index < -0.39 is 0 Å². The van der Waals surface area contributed by atoms with E-state index in [-0.39, 0.29) is 5.82 Å². The molecule has 21 heavy (non-hydrogen) atoms. The lowest BCUT2D eigenvalue weighted by atomic mass is 9.75. The standard InChI is InChI=1S/C18H20FNO/c19-18-9-5-4-8-17(18)14-12-15(13-14)20-10-11-21-16-6-2-1-3-7-16/h1-9,14-15,20H,10-13H2. The van der Waals surface area contributed by atoms with E-state index in [1.165, 1.54) is 0 Å². The molecule has 2 nitrogen and oxygen atoms in total. The first kappa shape index (κ1) is 14.1. The molecular formula is C18H20FNO. The van der Waals surface area contributed by atoms with E-state index in [4.69, 9.17) is 4.74 Å². The summed E-state index contributed by atoms with van der Waals surface area (Å²) in [5.41, 5.74) is 0.857. The van der Waals surface area contributed by atoms with Crippen molar-refractivity contribution in [1.82, 2.24) is 5.32 Å². The van der Waals surface area contributed by atoms with Gasteiger partial charge in [0, 0.05) is 12.6 Å². The molecule has 2 aromatic rings. The highest BCUT2D eigenvalue weighted by Crippen LogP contribution is 2.37. The average molecular weight is 285 g/mol. The molecule has 0 aliphatic heterocycles. The minimum atomic E-state index is -0.0756. The molecule has 3 heteroatoms. The Kier molecular flexibility index (Phi) is 4.51. The highest BCUT2D eigenvalue weighted by molar-refractivity contribution is 5.24. The molecule has 1 saturated carbocycles. The van der Waals surface area contributed by atoms with Crippen molar-refractivity contribution < 1.29 is 9.13 Å². The van der Waals surface area contributed by atoms with Gasteiger partial charge >= 0.3 is 0 Å². The number of rotatable bonds is 6. The van der Waals surface area contributed by atoms with Gasteiger partial charge in [0.05, 0.1) is 0 Å². The number of para-hydroxylation sites is 1. The Morgan fingerprint density at radius 1 is 1.00 bits per heavy atom. The monoisotopic (exact) mass is 285 g/mol. The molecule has 3 rings (SSSR count). The van der Waals surface area contributed by atoms with Gasteiger partial charge in [0.2, 0.25) is 0 Å². The Hall–Kier alpha value is -1.87. The zero-order valence-electron chi connectivity index (χ0n) is 12.0. The van der Waals surface area contributed by atoms with E-state index in [0.29, 0.717) is 18.6 Å². The molecule has 1 N–H and O–H groups in total. The van der Waals surface area contributed by atoms with E-state index in [9.17, 15) is 4.39 Å². The number of ether oxygens (including phenoxy) is 1. The molecule has 0 radical (unpaired) electrons. The van der Waals surface area contributed by atoms with Crippen LogP contribution < -0.4 is 10.1 Å². The Morgan fingerprint density at radius 3 is 2.48 bits per heavy atom. The molecular weight excluding hydrogens is 265 g/mol. The molecule has 0 atom stereocenters. The number of benzene rings is 2. The fraction of sp³-hybridized carbons (Fsp3) is 0.333. The second-order valence-corrected chi connectivity index (χ2v) is 5.50. The lowest BCUT2D eigenvalue weighted by Gasteiger charge is -2.36. The van der Waals surface area contributed by atoms with Crippen LogP contribution in [0, 0.1) is 5.82 Å². The van der Waals surface area contributed by atoms with E-state index in [1.54, 1.807) is 12.1 Å². The highest BCUT2D eigenvalue weighted by atomic mass is 19.1. The van der Waals surface area contributed by atoms with Crippen molar-refractivity contribution in [2.45, 2.75) is 24.8 Å². The lowest BCUT2D eigenvalue weighted by molar-refractivity contribution is 0.252. The third-order valence-electron chi connectivity index (χ3n) is 4.03. The zero-order chi connectivity index (χ0) is 14.5. The van der Waals surface area contributed by atoms with Gasteiger partial charge in [0.1, 0.15) is 18.2 Å². The SMILES string of the molecule is Fc1ccccc1C1CC(NCCOc2ccccc2)C1. The first-order chi connectivity index (χ1) is 10.3. The Balaban J connectivity index is 1.35. The first-order valence-electron chi connectivity index (χ1n) is 7.48. The van der Waals surface area contributed by atoms with Crippen LogP contribution in [0.15, 0.2) is 54.6 Å². The topological polar surface area (TPSA) is 21.3 Å². The van der Waals surface area contributed by atoms with Crippen molar-refractivity contribution >= 4 is 0 Å². The Labute approximate surface area is 125 Å². The molecule has 1 aliphatic carbocycles. The van der Waals surface area contributed by atoms with Gasteiger partial charge in [-0.15, -0.1) is 0 Å². The molecule has 1 fully saturated rings. The first-order valence-corrected chi connectivity index (χ1v) is 7.48. The summed E-state index contributed by atoms with van der Waals surface area (Å²) >= 11 is 0. The van der Waals surface area contributed by atoms with Crippen molar-refractivity contribution in [3.8, 4) is 5.75 Å². The average Bonchev–Trinajstić information content (AvgIpc) is 2.47. The normalized spacial score (nSPS) is 20.8. The maximum Gasteiger partial charge on any atom is 0.126 e. The van der Waals surface area contributed by atoms with Crippen LogP contribution in [-0.4, -0.2) is 19.2 Å². The molecule has 0 heterocycles. The number of nitrogens with one attached hydrogen (secondary N) is 1. The second-order valence-electron chi connectivity index (χ2n) is 5.50. The molecule has 0 amide bonds. The third kappa shape index (κ3) is 3.61. The molecule has 2 aromatic carbocycles. The number of hydrogen-bond donors (Lipinski definition) is 1. The molecule has 0 bridgehead atoms. The van der Waals surface area contributed by atoms with Crippen LogP contribution >= 0.6 is 0 Å². The summed E-state index contributed by atoms with van der Waals surface area (Å²) in [4.78, 5) is 0. The lowest BCUT2D eigenvalue weighted by Crippen LogP contribution is -2.42. The van der Waals surface area contributed by atoms with Gasteiger partial charge in [-0.05, 0) is 42.5 Å². The van der Waals surface area contributed by atoms with Crippen LogP contribution in [0.3, 0.4) is 0 Å². The van der Waals surface area contributed by atoms with Crippen LogP contribution in [0.4, 0.5) is 4.39 Å². The second kappa shape index (κ2) is 6.72. The van der Waals surface area contributed by atoms with Crippen molar-refractivity contribution in [2.24, 2.45) is 0 Å². The molecule has 0 unspecified atom stereocenters. The van der Waals surface area contributed by atoms with Gasteiger partial charge in [0.15, 0.2) is 0 Å².